The van der Waals surface area contributed by atoms with Crippen LogP contribution in [0.4, 0.5) is 0 Å². The Morgan fingerprint density at radius 1 is 1.40 bits per heavy atom. The minimum atomic E-state index is -0.217. The van der Waals surface area contributed by atoms with Gasteiger partial charge in [-0.15, -0.1) is 0 Å². The predicted molar refractivity (Wildman–Crippen MR) is 62.8 cm³/mol. The minimum Gasteiger partial charge on any atom is -0.290 e. The second-order valence-electron chi connectivity index (χ2n) is 3.94. The van der Waals surface area contributed by atoms with Crippen LogP contribution < -0.4 is 5.43 Å². The number of rotatable bonds is 0. The molecule has 0 aromatic rings. The zero-order valence-electron chi connectivity index (χ0n) is 8.20. The first kappa shape index (κ1) is 8.98. The van der Waals surface area contributed by atoms with Gasteiger partial charge < -0.3 is 0 Å². The molecule has 0 bridgehead atoms. The van der Waals surface area contributed by atoms with E-state index in [1.165, 1.54) is 11.1 Å². The minimum absolute atomic E-state index is 0.217. The summed E-state index contributed by atoms with van der Waals surface area (Å²) in [6.45, 7) is 0. The molecule has 0 radical (unpaired) electrons. The van der Waals surface area contributed by atoms with Crippen LogP contribution in [0.25, 0.3) is 0 Å². The van der Waals surface area contributed by atoms with E-state index in [0.29, 0.717) is 5.17 Å². The topological polar surface area (TPSA) is 24.4 Å². The third kappa shape index (κ3) is 1.21. The Morgan fingerprint density at radius 2 is 2.33 bits per heavy atom. The Balaban J connectivity index is 2.15. The zero-order chi connectivity index (χ0) is 10.3. The van der Waals surface area contributed by atoms with Gasteiger partial charge in [0.2, 0.25) is 0 Å². The summed E-state index contributed by atoms with van der Waals surface area (Å²) in [6.07, 6.45) is 14.8. The van der Waals surface area contributed by atoms with Gasteiger partial charge in [0.05, 0.1) is 0 Å². The Bertz CT molecular complexity index is 454. The molecule has 15 heavy (non-hydrogen) atoms. The Kier molecular flexibility index (Phi) is 1.86. The van der Waals surface area contributed by atoms with Crippen molar-refractivity contribution in [3.05, 3.63) is 47.6 Å². The maximum atomic E-state index is 5.91. The van der Waals surface area contributed by atoms with Crippen molar-refractivity contribution in [2.24, 2.45) is 5.10 Å². The molecule has 1 N–H and O–H groups in total. The van der Waals surface area contributed by atoms with Gasteiger partial charge in [-0.3, -0.25) is 5.43 Å². The van der Waals surface area contributed by atoms with Crippen molar-refractivity contribution in [1.29, 1.82) is 0 Å². The largest absolute Gasteiger partial charge is 0.290 e. The van der Waals surface area contributed by atoms with Gasteiger partial charge in [-0.2, -0.15) is 5.10 Å². The standard InChI is InChI=1S/C12H11ClN2/c13-11-8-10-6-3-5-9-4-1-2-7-12(9,10)15-14-11/h1-2,4-5,7-8,15H,3,6H2. The van der Waals surface area contributed by atoms with Gasteiger partial charge in [-0.25, -0.2) is 0 Å². The molecule has 1 unspecified atom stereocenters. The van der Waals surface area contributed by atoms with E-state index in [2.05, 4.69) is 40.9 Å². The molecule has 0 saturated carbocycles. The van der Waals surface area contributed by atoms with Crippen LogP contribution in [0.2, 0.25) is 0 Å². The van der Waals surface area contributed by atoms with Crippen molar-refractivity contribution in [2.75, 3.05) is 0 Å². The molecule has 1 heterocycles. The van der Waals surface area contributed by atoms with E-state index >= 15 is 0 Å². The number of hydrogen-bond acceptors (Lipinski definition) is 2. The number of nitrogens with zero attached hydrogens (tertiary/aromatic N) is 1. The van der Waals surface area contributed by atoms with E-state index in [4.69, 9.17) is 11.6 Å². The number of nitrogens with one attached hydrogen (secondary N) is 1. The van der Waals surface area contributed by atoms with Crippen LogP contribution in [0.1, 0.15) is 12.8 Å². The van der Waals surface area contributed by atoms with Crippen LogP contribution in [0.15, 0.2) is 52.7 Å². The zero-order valence-corrected chi connectivity index (χ0v) is 8.96. The van der Waals surface area contributed by atoms with Crippen LogP contribution in [0.3, 0.4) is 0 Å². The van der Waals surface area contributed by atoms with Gasteiger partial charge in [0, 0.05) is 0 Å². The predicted octanol–water partition coefficient (Wildman–Crippen LogP) is 2.65. The second-order valence-corrected chi connectivity index (χ2v) is 4.33. The van der Waals surface area contributed by atoms with E-state index in [1.807, 2.05) is 6.08 Å². The molecule has 1 spiro atoms. The lowest BCUT2D eigenvalue weighted by atomic mass is 9.74. The SMILES string of the molecule is ClC1=NNC23C=CC=CC2=CCCC3=C1. The van der Waals surface area contributed by atoms with E-state index in [0.717, 1.165) is 12.8 Å². The maximum Gasteiger partial charge on any atom is 0.149 e. The highest BCUT2D eigenvalue weighted by atomic mass is 35.5. The third-order valence-corrected chi connectivity index (χ3v) is 3.30. The van der Waals surface area contributed by atoms with Gasteiger partial charge in [-0.1, -0.05) is 35.9 Å². The molecule has 1 aliphatic heterocycles. The van der Waals surface area contributed by atoms with Crippen molar-refractivity contribution >= 4 is 16.8 Å². The number of allylic oxidation sites excluding steroid dienone is 4. The van der Waals surface area contributed by atoms with E-state index in [1.54, 1.807) is 0 Å². The summed E-state index contributed by atoms with van der Waals surface area (Å²) in [6, 6.07) is 0. The van der Waals surface area contributed by atoms with Crippen molar-refractivity contribution in [3.63, 3.8) is 0 Å². The lowest BCUT2D eigenvalue weighted by Crippen LogP contribution is -2.48. The molecular formula is C12H11ClN2. The first-order valence-corrected chi connectivity index (χ1v) is 5.47. The molecule has 0 fully saturated rings. The molecule has 2 aliphatic carbocycles. The average Bonchev–Trinajstić information content (AvgIpc) is 2.27. The number of halogens is 1. The quantitative estimate of drug-likeness (QED) is 0.664. The fourth-order valence-electron chi connectivity index (χ4n) is 2.37. The number of hydrazone groups is 1. The van der Waals surface area contributed by atoms with Crippen LogP contribution in [-0.2, 0) is 0 Å². The summed E-state index contributed by atoms with van der Waals surface area (Å²) in [5.41, 5.74) is 5.53. The first-order valence-electron chi connectivity index (χ1n) is 5.09. The fourth-order valence-corrected chi connectivity index (χ4v) is 2.54. The fraction of sp³-hybridized carbons (Fsp3) is 0.250. The summed E-state index contributed by atoms with van der Waals surface area (Å²) in [4.78, 5) is 0. The Labute approximate surface area is 93.7 Å². The highest BCUT2D eigenvalue weighted by Crippen LogP contribution is 2.39. The Morgan fingerprint density at radius 3 is 3.27 bits per heavy atom. The van der Waals surface area contributed by atoms with Gasteiger partial charge in [-0.05, 0) is 36.1 Å². The van der Waals surface area contributed by atoms with Crippen molar-refractivity contribution in [3.8, 4) is 0 Å². The lowest BCUT2D eigenvalue weighted by Gasteiger charge is -2.40. The normalized spacial score (nSPS) is 31.9. The third-order valence-electron chi connectivity index (χ3n) is 3.11. The second kappa shape index (κ2) is 3.11. The summed E-state index contributed by atoms with van der Waals surface area (Å²) >= 11 is 5.91. The molecule has 0 aromatic carbocycles. The van der Waals surface area contributed by atoms with Gasteiger partial charge in [0.25, 0.3) is 0 Å². The molecule has 3 heteroatoms. The Hall–Kier alpha value is -1.28. The maximum absolute atomic E-state index is 5.91. The van der Waals surface area contributed by atoms with E-state index in [-0.39, 0.29) is 5.54 Å². The summed E-state index contributed by atoms with van der Waals surface area (Å²) in [7, 11) is 0. The molecule has 3 aliphatic rings. The van der Waals surface area contributed by atoms with Crippen molar-refractivity contribution in [2.45, 2.75) is 18.4 Å². The average molecular weight is 219 g/mol. The smallest absolute Gasteiger partial charge is 0.149 e. The molecular weight excluding hydrogens is 208 g/mol. The molecule has 0 aromatic heterocycles. The summed E-state index contributed by atoms with van der Waals surface area (Å²) in [5.74, 6) is 0. The first-order chi connectivity index (χ1) is 7.31. The lowest BCUT2D eigenvalue weighted by molar-refractivity contribution is 0.513. The van der Waals surface area contributed by atoms with Gasteiger partial charge in [0.15, 0.2) is 0 Å². The van der Waals surface area contributed by atoms with Crippen molar-refractivity contribution in [1.82, 2.24) is 5.43 Å². The molecule has 2 nitrogen and oxygen atoms in total. The number of hydrogen-bond donors (Lipinski definition) is 1. The molecule has 76 valence electrons. The van der Waals surface area contributed by atoms with Gasteiger partial charge >= 0.3 is 0 Å². The highest BCUT2D eigenvalue weighted by Gasteiger charge is 2.39. The molecule has 1 atom stereocenters. The van der Waals surface area contributed by atoms with Crippen LogP contribution in [-0.4, -0.2) is 10.7 Å². The summed E-state index contributed by atoms with van der Waals surface area (Å²) < 4.78 is 0. The van der Waals surface area contributed by atoms with Gasteiger partial charge in [0.1, 0.15) is 10.7 Å². The van der Waals surface area contributed by atoms with Crippen LogP contribution >= 0.6 is 11.6 Å². The van der Waals surface area contributed by atoms with Crippen LogP contribution in [0.5, 0.6) is 0 Å². The highest BCUT2D eigenvalue weighted by molar-refractivity contribution is 6.68. The van der Waals surface area contributed by atoms with Crippen molar-refractivity contribution < 1.29 is 0 Å². The monoisotopic (exact) mass is 218 g/mol. The molecule has 3 rings (SSSR count). The molecule has 0 saturated heterocycles. The molecule has 0 amide bonds. The van der Waals surface area contributed by atoms with Crippen LogP contribution in [0, 0.1) is 0 Å². The van der Waals surface area contributed by atoms with E-state index < -0.39 is 0 Å². The summed E-state index contributed by atoms with van der Waals surface area (Å²) in [5, 5.41) is 4.66. The van der Waals surface area contributed by atoms with E-state index in [9.17, 15) is 0 Å².